The molecular formula is C13H25NO15. The second-order valence-corrected chi connectivity index (χ2v) is 5.02. The van der Waals surface area contributed by atoms with Crippen molar-refractivity contribution in [2.45, 2.75) is 48.8 Å². The lowest BCUT2D eigenvalue weighted by Crippen LogP contribution is -2.48. The third-order valence-corrected chi connectivity index (χ3v) is 2.83. The molecule has 0 saturated carbocycles. The molecule has 0 rings (SSSR count). The first kappa shape index (κ1) is 31.6. The quantitative estimate of drug-likeness (QED) is 0.112. The Labute approximate surface area is 162 Å². The number of carboxylic acid groups (broad SMARTS) is 2. The van der Waals surface area contributed by atoms with Crippen LogP contribution in [0.1, 0.15) is 0 Å². The first-order valence-electron chi connectivity index (χ1n) is 7.28. The maximum atomic E-state index is 10.1. The first-order chi connectivity index (χ1) is 13.2. The number of hydrogen-bond acceptors (Lipinski definition) is 14. The minimum Gasteiger partial charge on any atom is -0.479 e. The molecule has 0 aliphatic heterocycles. The second-order valence-electron chi connectivity index (χ2n) is 5.02. The van der Waals surface area contributed by atoms with E-state index in [2.05, 4.69) is 10.7 Å². The summed E-state index contributed by atoms with van der Waals surface area (Å²) < 4.78 is 0. The highest BCUT2D eigenvalue weighted by Crippen LogP contribution is 2.04. The summed E-state index contributed by atoms with van der Waals surface area (Å²) in [4.78, 5) is 43.7. The monoisotopic (exact) mass is 435 g/mol. The van der Waals surface area contributed by atoms with Crippen LogP contribution in [0.5, 0.6) is 0 Å². The van der Waals surface area contributed by atoms with Crippen LogP contribution in [0, 0.1) is 0 Å². The van der Waals surface area contributed by atoms with Crippen molar-refractivity contribution in [3.05, 3.63) is 0 Å². The van der Waals surface area contributed by atoms with E-state index < -0.39 is 60.8 Å². The first-order valence-corrected chi connectivity index (χ1v) is 7.28. The molecular weight excluding hydrogens is 410 g/mol. The molecule has 0 aromatic rings. The summed E-state index contributed by atoms with van der Waals surface area (Å²) in [6.45, 7) is 0. The van der Waals surface area contributed by atoms with Gasteiger partial charge >= 0.3 is 11.9 Å². The molecule has 0 amide bonds. The Hall–Kier alpha value is -2.12. The van der Waals surface area contributed by atoms with Gasteiger partial charge in [0.05, 0.1) is 7.11 Å². The topological polar surface area (TPSA) is 306 Å². The van der Waals surface area contributed by atoms with Gasteiger partial charge in [-0.1, -0.05) is 0 Å². The SMILES string of the molecule is CON.O=C[C@H](O)[C@@H](O)[C@@H](O)[C@H](O)C(=O)O.O=C[C@H](O)[C@@H](O)[C@@H](O)[C@H](O)C(=O)O. The lowest BCUT2D eigenvalue weighted by molar-refractivity contribution is -0.164. The molecule has 16 nitrogen and oxygen atoms in total. The number of aliphatic hydroxyl groups is 8. The standard InChI is InChI=1S/2C6H10O7.CH5NO/c2*7-1-2(8)3(9)4(10)5(11)6(12)13;1-3-2/h2*1-5,8-11H,(H,12,13);2H2,1H3/t2*2-,3+,4+,5-;/m00./s1. The van der Waals surface area contributed by atoms with E-state index in [0.717, 1.165) is 0 Å². The van der Waals surface area contributed by atoms with Crippen molar-refractivity contribution in [2.24, 2.45) is 5.90 Å². The van der Waals surface area contributed by atoms with Crippen LogP contribution in [-0.4, -0.2) is 132 Å². The maximum Gasteiger partial charge on any atom is 0.335 e. The normalized spacial score (nSPS) is 18.6. The summed E-state index contributed by atoms with van der Waals surface area (Å²) in [7, 11) is 1.40. The number of carbonyl (C=O) groups is 4. The number of carbonyl (C=O) groups excluding carboxylic acids is 2. The van der Waals surface area contributed by atoms with E-state index in [0.29, 0.717) is 0 Å². The van der Waals surface area contributed by atoms with Gasteiger partial charge in [-0.05, 0) is 0 Å². The minimum atomic E-state index is -2.25. The molecule has 0 heterocycles. The predicted molar refractivity (Wildman–Crippen MR) is 86.7 cm³/mol. The van der Waals surface area contributed by atoms with E-state index >= 15 is 0 Å². The van der Waals surface area contributed by atoms with Crippen molar-refractivity contribution >= 4 is 24.5 Å². The van der Waals surface area contributed by atoms with E-state index in [4.69, 9.17) is 51.1 Å². The Balaban J connectivity index is -0.000000410. The van der Waals surface area contributed by atoms with E-state index in [9.17, 15) is 19.2 Å². The summed E-state index contributed by atoms with van der Waals surface area (Å²) in [5.41, 5.74) is 0. The third kappa shape index (κ3) is 12.9. The predicted octanol–water partition coefficient (Wildman–Crippen LogP) is -7.07. The van der Waals surface area contributed by atoms with Crippen molar-refractivity contribution < 1.29 is 75.1 Å². The van der Waals surface area contributed by atoms with Crippen LogP contribution >= 0.6 is 0 Å². The lowest BCUT2D eigenvalue weighted by atomic mass is 10.0. The van der Waals surface area contributed by atoms with E-state index in [1.54, 1.807) is 0 Å². The van der Waals surface area contributed by atoms with Crippen molar-refractivity contribution in [3.8, 4) is 0 Å². The molecule has 0 aliphatic rings. The third-order valence-electron chi connectivity index (χ3n) is 2.83. The van der Waals surface area contributed by atoms with Crippen LogP contribution < -0.4 is 5.90 Å². The molecule has 0 bridgehead atoms. The zero-order chi connectivity index (χ0) is 23.9. The fourth-order valence-corrected chi connectivity index (χ4v) is 1.23. The number of aldehydes is 2. The Morgan fingerprint density at radius 1 is 0.690 bits per heavy atom. The average Bonchev–Trinajstić information content (AvgIpc) is 2.69. The molecule has 0 unspecified atom stereocenters. The average molecular weight is 435 g/mol. The highest BCUT2D eigenvalue weighted by atomic mass is 16.6. The minimum absolute atomic E-state index is 0.0809. The van der Waals surface area contributed by atoms with Gasteiger partial charge in [0.2, 0.25) is 0 Å². The summed E-state index contributed by atoms with van der Waals surface area (Å²) in [5.74, 6) is 0.828. The van der Waals surface area contributed by atoms with Crippen LogP contribution in [0.2, 0.25) is 0 Å². The van der Waals surface area contributed by atoms with Gasteiger partial charge in [-0.15, -0.1) is 0 Å². The molecule has 172 valence electrons. The van der Waals surface area contributed by atoms with Crippen LogP contribution in [0.15, 0.2) is 0 Å². The van der Waals surface area contributed by atoms with Gasteiger partial charge in [-0.2, -0.15) is 0 Å². The van der Waals surface area contributed by atoms with Crippen molar-refractivity contribution in [1.29, 1.82) is 0 Å². The Morgan fingerprint density at radius 2 is 0.897 bits per heavy atom. The number of aliphatic hydroxyl groups excluding tert-OH is 8. The maximum absolute atomic E-state index is 10.1. The van der Waals surface area contributed by atoms with Crippen LogP contribution in [-0.2, 0) is 24.0 Å². The summed E-state index contributed by atoms with van der Waals surface area (Å²) in [5, 5.41) is 86.4. The van der Waals surface area contributed by atoms with Gasteiger partial charge in [0.25, 0.3) is 0 Å². The van der Waals surface area contributed by atoms with Crippen molar-refractivity contribution in [2.75, 3.05) is 7.11 Å². The fraction of sp³-hybridized carbons (Fsp3) is 0.692. The second kappa shape index (κ2) is 16.8. The van der Waals surface area contributed by atoms with Gasteiger partial charge in [-0.3, -0.25) is 0 Å². The zero-order valence-corrected chi connectivity index (χ0v) is 14.9. The Bertz CT molecular complexity index is 447. The highest BCUT2D eigenvalue weighted by Gasteiger charge is 2.34. The number of aliphatic carboxylic acids is 2. The highest BCUT2D eigenvalue weighted by molar-refractivity contribution is 5.73. The van der Waals surface area contributed by atoms with Gasteiger partial charge in [0, 0.05) is 0 Å². The van der Waals surface area contributed by atoms with E-state index in [1.165, 1.54) is 7.11 Å². The van der Waals surface area contributed by atoms with Crippen LogP contribution in [0.3, 0.4) is 0 Å². The molecule has 29 heavy (non-hydrogen) atoms. The largest absolute Gasteiger partial charge is 0.479 e. The van der Waals surface area contributed by atoms with Gasteiger partial charge in [0.1, 0.15) is 36.6 Å². The summed E-state index contributed by atoms with van der Waals surface area (Å²) in [6, 6.07) is 0. The molecule has 0 aromatic carbocycles. The number of carboxylic acids is 2. The molecule has 12 N–H and O–H groups in total. The fourth-order valence-electron chi connectivity index (χ4n) is 1.23. The summed E-state index contributed by atoms with van der Waals surface area (Å²) >= 11 is 0. The van der Waals surface area contributed by atoms with Crippen LogP contribution in [0.25, 0.3) is 0 Å². The van der Waals surface area contributed by atoms with E-state index in [1.807, 2.05) is 0 Å². The number of rotatable bonds is 10. The molecule has 16 heteroatoms. The lowest BCUT2D eigenvalue weighted by Gasteiger charge is -2.21. The molecule has 0 saturated heterocycles. The smallest absolute Gasteiger partial charge is 0.335 e. The molecule has 8 atom stereocenters. The molecule has 0 spiro atoms. The summed E-state index contributed by atoms with van der Waals surface area (Å²) in [6.07, 6.45) is -16.8. The molecule has 0 aliphatic carbocycles. The Kier molecular flexibility index (Phi) is 18.3. The van der Waals surface area contributed by atoms with E-state index in [-0.39, 0.29) is 12.6 Å². The molecule has 0 aromatic heterocycles. The van der Waals surface area contributed by atoms with Crippen molar-refractivity contribution in [1.82, 2.24) is 0 Å². The number of hydrogen-bond donors (Lipinski definition) is 11. The number of nitrogens with two attached hydrogens (primary N) is 1. The molecule has 0 radical (unpaired) electrons. The zero-order valence-electron chi connectivity index (χ0n) is 14.9. The van der Waals surface area contributed by atoms with Gasteiger partial charge in [0.15, 0.2) is 24.8 Å². The molecule has 0 fully saturated rings. The van der Waals surface area contributed by atoms with Crippen molar-refractivity contribution in [3.63, 3.8) is 0 Å². The van der Waals surface area contributed by atoms with Crippen LogP contribution in [0.4, 0.5) is 0 Å². The Morgan fingerprint density at radius 3 is 1.03 bits per heavy atom. The van der Waals surface area contributed by atoms with Gasteiger partial charge < -0.3 is 65.5 Å². The van der Waals surface area contributed by atoms with Gasteiger partial charge in [-0.25, -0.2) is 15.5 Å².